The van der Waals surface area contributed by atoms with E-state index in [0.29, 0.717) is 5.56 Å². The number of halogens is 1. The van der Waals surface area contributed by atoms with E-state index in [4.69, 9.17) is 14.6 Å². The average Bonchev–Trinajstić information content (AvgIpc) is 2.59. The lowest BCUT2D eigenvalue weighted by atomic mass is 10.1. The van der Waals surface area contributed by atoms with E-state index in [-0.39, 0.29) is 31.0 Å². The van der Waals surface area contributed by atoms with Crippen LogP contribution in [0, 0.1) is 5.82 Å². The second kappa shape index (κ2) is 5.82. The van der Waals surface area contributed by atoms with Gasteiger partial charge in [-0.05, 0) is 32.9 Å². The fraction of sp³-hybridized carbons (Fsp3) is 0.467. The molecule has 0 radical (unpaired) electrons. The van der Waals surface area contributed by atoms with Crippen molar-refractivity contribution in [2.45, 2.75) is 32.9 Å². The van der Waals surface area contributed by atoms with Crippen molar-refractivity contribution < 1.29 is 28.6 Å². The van der Waals surface area contributed by atoms with Gasteiger partial charge >= 0.3 is 12.1 Å². The summed E-state index contributed by atoms with van der Waals surface area (Å²) in [5.41, 5.74) is -0.534. The molecule has 0 fully saturated rings. The van der Waals surface area contributed by atoms with E-state index in [1.54, 1.807) is 20.8 Å². The van der Waals surface area contributed by atoms with Crippen molar-refractivity contribution >= 4 is 12.1 Å². The summed E-state index contributed by atoms with van der Waals surface area (Å²) in [4.78, 5) is 24.5. The monoisotopic (exact) mass is 311 g/mol. The van der Waals surface area contributed by atoms with Crippen LogP contribution >= 0.6 is 0 Å². The number of hydrogen-bond acceptors (Lipinski definition) is 4. The molecule has 1 aromatic carbocycles. The van der Waals surface area contributed by atoms with Crippen LogP contribution in [0.2, 0.25) is 0 Å². The van der Waals surface area contributed by atoms with Gasteiger partial charge in [-0.15, -0.1) is 0 Å². The predicted octanol–water partition coefficient (Wildman–Crippen LogP) is 2.65. The third kappa shape index (κ3) is 3.66. The van der Waals surface area contributed by atoms with E-state index in [9.17, 15) is 14.0 Å². The molecule has 1 N–H and O–H groups in total. The highest BCUT2D eigenvalue weighted by molar-refractivity contribution is 5.88. The number of carbonyl (C=O) groups excluding carboxylic acids is 1. The first-order chi connectivity index (χ1) is 10.2. The Bertz CT molecular complexity index is 609. The molecule has 0 atom stereocenters. The van der Waals surface area contributed by atoms with Crippen molar-refractivity contribution in [3.63, 3.8) is 0 Å². The number of rotatable bonds is 1. The summed E-state index contributed by atoms with van der Waals surface area (Å²) < 4.78 is 24.5. The van der Waals surface area contributed by atoms with Crippen molar-refractivity contribution in [3.05, 3.63) is 29.1 Å². The van der Waals surface area contributed by atoms with E-state index >= 15 is 0 Å². The zero-order valence-electron chi connectivity index (χ0n) is 12.7. The number of fused-ring (bicyclic) bond motifs is 1. The lowest BCUT2D eigenvalue weighted by Gasteiger charge is -2.26. The third-order valence-electron chi connectivity index (χ3n) is 2.99. The highest BCUT2D eigenvalue weighted by atomic mass is 19.1. The van der Waals surface area contributed by atoms with Crippen LogP contribution in [0.15, 0.2) is 12.1 Å². The molecule has 0 saturated carbocycles. The Hall–Kier alpha value is -2.31. The molecule has 6 nitrogen and oxygen atoms in total. The van der Waals surface area contributed by atoms with Crippen molar-refractivity contribution in [1.29, 1.82) is 0 Å². The van der Waals surface area contributed by atoms with Crippen molar-refractivity contribution in [2.24, 2.45) is 0 Å². The molecule has 0 aromatic heterocycles. The van der Waals surface area contributed by atoms with Gasteiger partial charge in [0.25, 0.3) is 0 Å². The first kappa shape index (κ1) is 16.1. The summed E-state index contributed by atoms with van der Waals surface area (Å²) in [6.45, 7) is 5.60. The topological polar surface area (TPSA) is 76.1 Å². The molecule has 0 saturated heterocycles. The van der Waals surface area contributed by atoms with Crippen LogP contribution in [-0.4, -0.2) is 40.8 Å². The number of amides is 1. The summed E-state index contributed by atoms with van der Waals surface area (Å²) in [6.07, 6.45) is -0.551. The average molecular weight is 311 g/mol. The summed E-state index contributed by atoms with van der Waals surface area (Å²) in [7, 11) is 0. The number of aromatic carboxylic acids is 1. The third-order valence-corrected chi connectivity index (χ3v) is 2.99. The van der Waals surface area contributed by atoms with Crippen molar-refractivity contribution in [2.75, 3.05) is 13.2 Å². The van der Waals surface area contributed by atoms with Crippen LogP contribution in [0.3, 0.4) is 0 Å². The molecule has 0 unspecified atom stereocenters. The number of carbonyl (C=O) groups is 2. The number of hydrogen-bond donors (Lipinski definition) is 1. The number of nitrogens with zero attached hydrogens (tertiary/aromatic N) is 1. The molecular weight excluding hydrogens is 293 g/mol. The van der Waals surface area contributed by atoms with Crippen LogP contribution in [0.4, 0.5) is 9.18 Å². The smallest absolute Gasteiger partial charge is 0.410 e. The number of carboxylic acid groups (broad SMARTS) is 1. The molecule has 2 rings (SSSR count). The highest BCUT2D eigenvalue weighted by Gasteiger charge is 2.27. The zero-order chi connectivity index (χ0) is 16.5. The summed E-state index contributed by atoms with van der Waals surface area (Å²) in [6, 6.07) is 2.22. The Morgan fingerprint density at radius 3 is 2.64 bits per heavy atom. The normalized spacial score (nSPS) is 14.6. The van der Waals surface area contributed by atoms with E-state index < -0.39 is 23.5 Å². The Balaban J connectivity index is 2.29. The fourth-order valence-corrected chi connectivity index (χ4v) is 2.08. The molecule has 7 heteroatoms. The van der Waals surface area contributed by atoms with Crippen LogP contribution in [-0.2, 0) is 11.3 Å². The lowest BCUT2D eigenvalue weighted by Crippen LogP contribution is -2.37. The molecule has 120 valence electrons. The summed E-state index contributed by atoms with van der Waals surface area (Å²) in [5.74, 6) is -2.01. The molecule has 1 aliphatic rings. The van der Waals surface area contributed by atoms with Gasteiger partial charge in [0.15, 0.2) is 11.6 Å². The van der Waals surface area contributed by atoms with Crippen LogP contribution in [0.5, 0.6) is 5.75 Å². The molecule has 0 aliphatic carbocycles. The lowest BCUT2D eigenvalue weighted by molar-refractivity contribution is 0.0225. The standard InChI is InChI=1S/C15H18FNO5/c1-15(2,3)22-14(20)17-4-5-21-12-10(8-17)6-9(13(18)19)7-11(12)16/h6-7H,4-5,8H2,1-3H3,(H,18,19). The quantitative estimate of drug-likeness (QED) is 0.863. The summed E-state index contributed by atoms with van der Waals surface area (Å²) in [5, 5.41) is 9.00. The Labute approximate surface area is 127 Å². The predicted molar refractivity (Wildman–Crippen MR) is 75.5 cm³/mol. The minimum absolute atomic E-state index is 0.0175. The summed E-state index contributed by atoms with van der Waals surface area (Å²) >= 11 is 0. The van der Waals surface area contributed by atoms with Gasteiger partial charge < -0.3 is 19.5 Å². The van der Waals surface area contributed by atoms with Gasteiger partial charge in [0.1, 0.15) is 12.2 Å². The van der Waals surface area contributed by atoms with Gasteiger partial charge in [0, 0.05) is 5.56 Å². The molecule has 1 amide bonds. The molecular formula is C15H18FNO5. The molecule has 1 aromatic rings. The maximum absolute atomic E-state index is 13.9. The first-order valence-corrected chi connectivity index (χ1v) is 6.84. The van der Waals surface area contributed by atoms with Crippen molar-refractivity contribution in [3.8, 4) is 5.75 Å². The van der Waals surface area contributed by atoms with Gasteiger partial charge in [-0.2, -0.15) is 0 Å². The van der Waals surface area contributed by atoms with Crippen LogP contribution in [0.1, 0.15) is 36.7 Å². The number of carboxylic acids is 1. The second-order valence-electron chi connectivity index (χ2n) is 6.00. The second-order valence-corrected chi connectivity index (χ2v) is 6.00. The van der Waals surface area contributed by atoms with Gasteiger partial charge in [0.05, 0.1) is 18.7 Å². The molecule has 1 heterocycles. The molecule has 22 heavy (non-hydrogen) atoms. The highest BCUT2D eigenvalue weighted by Crippen LogP contribution is 2.28. The first-order valence-electron chi connectivity index (χ1n) is 6.84. The Kier molecular flexibility index (Phi) is 4.25. The SMILES string of the molecule is CC(C)(C)OC(=O)N1CCOc2c(F)cc(C(=O)O)cc2C1. The number of benzene rings is 1. The zero-order valence-corrected chi connectivity index (χ0v) is 12.7. The fourth-order valence-electron chi connectivity index (χ4n) is 2.08. The minimum Gasteiger partial charge on any atom is -0.488 e. The Morgan fingerprint density at radius 2 is 2.05 bits per heavy atom. The van der Waals surface area contributed by atoms with Gasteiger partial charge in [-0.1, -0.05) is 0 Å². The van der Waals surface area contributed by atoms with Crippen LogP contribution < -0.4 is 4.74 Å². The van der Waals surface area contributed by atoms with E-state index in [1.807, 2.05) is 0 Å². The van der Waals surface area contributed by atoms with Gasteiger partial charge in [-0.3, -0.25) is 0 Å². The maximum atomic E-state index is 13.9. The molecule has 1 aliphatic heterocycles. The maximum Gasteiger partial charge on any atom is 0.410 e. The largest absolute Gasteiger partial charge is 0.488 e. The van der Waals surface area contributed by atoms with E-state index in [2.05, 4.69) is 0 Å². The Morgan fingerprint density at radius 1 is 1.36 bits per heavy atom. The van der Waals surface area contributed by atoms with Crippen molar-refractivity contribution in [1.82, 2.24) is 4.90 Å². The molecule has 0 bridgehead atoms. The van der Waals surface area contributed by atoms with E-state index in [0.717, 1.165) is 6.07 Å². The minimum atomic E-state index is -1.24. The van der Waals surface area contributed by atoms with Gasteiger partial charge in [-0.25, -0.2) is 14.0 Å². The van der Waals surface area contributed by atoms with E-state index in [1.165, 1.54) is 11.0 Å². The molecule has 0 spiro atoms. The number of ether oxygens (including phenoxy) is 2. The van der Waals surface area contributed by atoms with Crippen LogP contribution in [0.25, 0.3) is 0 Å². The van der Waals surface area contributed by atoms with Gasteiger partial charge in [0.2, 0.25) is 0 Å².